The summed E-state index contributed by atoms with van der Waals surface area (Å²) in [5.41, 5.74) is 0.835. The summed E-state index contributed by atoms with van der Waals surface area (Å²) in [7, 11) is -1.14. The molecule has 0 aromatic heterocycles. The molecule has 1 heterocycles. The molecule has 2 aromatic carbocycles. The molecular formula is C17H16BrNO5S. The van der Waals surface area contributed by atoms with Gasteiger partial charge in [0.2, 0.25) is 5.91 Å². The van der Waals surface area contributed by atoms with Crippen molar-refractivity contribution in [1.82, 2.24) is 0 Å². The molecule has 1 aliphatic heterocycles. The van der Waals surface area contributed by atoms with Gasteiger partial charge in [-0.05, 0) is 42.3 Å². The number of sulfonamides is 1. The molecule has 132 valence electrons. The van der Waals surface area contributed by atoms with Gasteiger partial charge in [-0.1, -0.05) is 15.9 Å². The van der Waals surface area contributed by atoms with E-state index in [0.717, 1.165) is 8.78 Å². The molecule has 0 aliphatic carbocycles. The first-order chi connectivity index (χ1) is 11.9. The van der Waals surface area contributed by atoms with Crippen molar-refractivity contribution >= 4 is 37.5 Å². The zero-order valence-electron chi connectivity index (χ0n) is 13.7. The van der Waals surface area contributed by atoms with Gasteiger partial charge in [0.05, 0.1) is 24.8 Å². The summed E-state index contributed by atoms with van der Waals surface area (Å²) >= 11 is 3.31. The lowest BCUT2D eigenvalue weighted by Crippen LogP contribution is -2.35. The predicted molar refractivity (Wildman–Crippen MR) is 96.7 cm³/mol. The molecular weight excluding hydrogens is 410 g/mol. The van der Waals surface area contributed by atoms with Crippen LogP contribution in [0.15, 0.2) is 45.8 Å². The van der Waals surface area contributed by atoms with Crippen LogP contribution in [0.2, 0.25) is 0 Å². The molecule has 0 radical (unpaired) electrons. The van der Waals surface area contributed by atoms with Gasteiger partial charge in [-0.2, -0.15) is 0 Å². The number of ether oxygens (including phenoxy) is 2. The van der Waals surface area contributed by atoms with Gasteiger partial charge in [-0.3, -0.25) is 4.79 Å². The van der Waals surface area contributed by atoms with Gasteiger partial charge < -0.3 is 9.47 Å². The zero-order valence-corrected chi connectivity index (χ0v) is 16.1. The van der Waals surface area contributed by atoms with Crippen molar-refractivity contribution in [3.63, 3.8) is 0 Å². The minimum atomic E-state index is -4.06. The molecule has 6 nitrogen and oxygen atoms in total. The molecule has 1 aliphatic rings. The number of carbonyl (C=O) groups is 1. The first-order valence-corrected chi connectivity index (χ1v) is 9.70. The number of hydrogen-bond acceptors (Lipinski definition) is 5. The number of aryl methyl sites for hydroxylation is 1. The molecule has 2 aromatic rings. The van der Waals surface area contributed by atoms with Gasteiger partial charge in [-0.25, -0.2) is 12.7 Å². The SMILES string of the molecule is COc1cc2c(cc1OC)S(=O)(=O)N(c1ccc(Br)cc1)C(=O)CC2. The summed E-state index contributed by atoms with van der Waals surface area (Å²) in [5, 5.41) is 0. The number of rotatable bonds is 3. The van der Waals surface area contributed by atoms with Crippen LogP contribution < -0.4 is 13.8 Å². The molecule has 0 fully saturated rings. The van der Waals surface area contributed by atoms with E-state index in [2.05, 4.69) is 15.9 Å². The number of benzene rings is 2. The van der Waals surface area contributed by atoms with Crippen molar-refractivity contribution in [2.45, 2.75) is 17.7 Å². The Balaban J connectivity index is 2.21. The van der Waals surface area contributed by atoms with E-state index in [-0.39, 0.29) is 11.3 Å². The van der Waals surface area contributed by atoms with Crippen LogP contribution >= 0.6 is 15.9 Å². The summed E-state index contributed by atoms with van der Waals surface area (Å²) < 4.78 is 38.5. The van der Waals surface area contributed by atoms with Crippen LogP contribution in [0, 0.1) is 0 Å². The Morgan fingerprint density at radius 2 is 1.60 bits per heavy atom. The third-order valence-corrected chi connectivity index (χ3v) is 6.34. The lowest BCUT2D eigenvalue weighted by Gasteiger charge is -2.21. The van der Waals surface area contributed by atoms with E-state index in [9.17, 15) is 13.2 Å². The smallest absolute Gasteiger partial charge is 0.271 e. The molecule has 25 heavy (non-hydrogen) atoms. The third kappa shape index (κ3) is 3.11. The summed E-state index contributed by atoms with van der Waals surface area (Å²) in [4.78, 5) is 12.6. The van der Waals surface area contributed by atoms with E-state index < -0.39 is 15.9 Å². The van der Waals surface area contributed by atoms with Crippen molar-refractivity contribution in [3.8, 4) is 11.5 Å². The Hall–Kier alpha value is -2.06. The van der Waals surface area contributed by atoms with Gasteiger partial charge in [0.25, 0.3) is 10.0 Å². The van der Waals surface area contributed by atoms with Crippen LogP contribution in [-0.4, -0.2) is 28.5 Å². The molecule has 0 saturated carbocycles. The van der Waals surface area contributed by atoms with Crippen molar-refractivity contribution in [1.29, 1.82) is 0 Å². The van der Waals surface area contributed by atoms with Crippen molar-refractivity contribution < 1.29 is 22.7 Å². The van der Waals surface area contributed by atoms with Crippen LogP contribution in [-0.2, 0) is 21.2 Å². The lowest BCUT2D eigenvalue weighted by molar-refractivity contribution is -0.117. The van der Waals surface area contributed by atoms with E-state index in [4.69, 9.17) is 9.47 Å². The molecule has 0 spiro atoms. The summed E-state index contributed by atoms with van der Waals surface area (Å²) in [6.45, 7) is 0. The largest absolute Gasteiger partial charge is 0.493 e. The maximum absolute atomic E-state index is 13.2. The van der Waals surface area contributed by atoms with E-state index in [0.29, 0.717) is 29.2 Å². The number of fused-ring (bicyclic) bond motifs is 1. The van der Waals surface area contributed by atoms with Gasteiger partial charge in [0.15, 0.2) is 11.5 Å². The molecule has 0 unspecified atom stereocenters. The summed E-state index contributed by atoms with van der Waals surface area (Å²) in [6, 6.07) is 9.59. The zero-order chi connectivity index (χ0) is 18.2. The average Bonchev–Trinajstić information content (AvgIpc) is 2.69. The number of hydrogen-bond donors (Lipinski definition) is 0. The Bertz CT molecular complexity index is 925. The number of halogens is 1. The topological polar surface area (TPSA) is 72.9 Å². The third-order valence-electron chi connectivity index (χ3n) is 3.98. The van der Waals surface area contributed by atoms with Crippen molar-refractivity contribution in [3.05, 3.63) is 46.4 Å². The predicted octanol–water partition coefficient (Wildman–Crippen LogP) is 3.13. The lowest BCUT2D eigenvalue weighted by atomic mass is 10.1. The van der Waals surface area contributed by atoms with Crippen LogP contribution in [0.3, 0.4) is 0 Å². The highest BCUT2D eigenvalue weighted by molar-refractivity contribution is 9.10. The minimum absolute atomic E-state index is 0.0546. The monoisotopic (exact) mass is 425 g/mol. The Kier molecular flexibility index (Phi) is 4.75. The van der Waals surface area contributed by atoms with Crippen LogP contribution in [0.1, 0.15) is 12.0 Å². The fourth-order valence-corrected chi connectivity index (χ4v) is 4.74. The molecule has 0 saturated heterocycles. The Morgan fingerprint density at radius 3 is 2.20 bits per heavy atom. The molecule has 0 N–H and O–H groups in total. The van der Waals surface area contributed by atoms with Gasteiger partial charge in [0, 0.05) is 17.0 Å². The van der Waals surface area contributed by atoms with Crippen LogP contribution in [0.5, 0.6) is 11.5 Å². The maximum atomic E-state index is 13.2. The number of amides is 1. The number of nitrogens with zero attached hydrogens (tertiary/aromatic N) is 1. The Morgan fingerprint density at radius 1 is 1.00 bits per heavy atom. The highest BCUT2D eigenvalue weighted by atomic mass is 79.9. The van der Waals surface area contributed by atoms with Gasteiger partial charge in [-0.15, -0.1) is 0 Å². The number of anilines is 1. The standard InChI is InChI=1S/C17H16BrNO5S/c1-23-14-9-11-3-8-17(20)19(13-6-4-12(18)5-7-13)25(21,22)16(11)10-15(14)24-2/h4-7,9-10H,3,8H2,1-2H3. The summed E-state index contributed by atoms with van der Waals surface area (Å²) in [5.74, 6) is 0.257. The van der Waals surface area contributed by atoms with E-state index in [1.807, 2.05) is 0 Å². The van der Waals surface area contributed by atoms with Gasteiger partial charge >= 0.3 is 0 Å². The maximum Gasteiger partial charge on any atom is 0.271 e. The van der Waals surface area contributed by atoms with Crippen molar-refractivity contribution in [2.24, 2.45) is 0 Å². The molecule has 3 rings (SSSR count). The minimum Gasteiger partial charge on any atom is -0.493 e. The number of methoxy groups -OCH3 is 2. The fourth-order valence-electron chi connectivity index (χ4n) is 2.77. The van der Waals surface area contributed by atoms with E-state index in [1.165, 1.54) is 20.3 Å². The van der Waals surface area contributed by atoms with E-state index in [1.54, 1.807) is 30.3 Å². The van der Waals surface area contributed by atoms with Gasteiger partial charge in [0.1, 0.15) is 0 Å². The number of carbonyl (C=O) groups excluding carboxylic acids is 1. The van der Waals surface area contributed by atoms with Crippen molar-refractivity contribution in [2.75, 3.05) is 18.5 Å². The molecule has 0 atom stereocenters. The first kappa shape index (κ1) is 17.8. The quantitative estimate of drug-likeness (QED) is 0.754. The second kappa shape index (κ2) is 6.68. The summed E-state index contributed by atoms with van der Waals surface area (Å²) in [6.07, 6.45) is 0.387. The highest BCUT2D eigenvalue weighted by Gasteiger charge is 2.36. The highest BCUT2D eigenvalue weighted by Crippen LogP contribution is 2.38. The fraction of sp³-hybridized carbons (Fsp3) is 0.235. The second-order valence-electron chi connectivity index (χ2n) is 5.45. The van der Waals surface area contributed by atoms with E-state index >= 15 is 0 Å². The van der Waals surface area contributed by atoms with Crippen LogP contribution in [0.4, 0.5) is 5.69 Å². The molecule has 8 heteroatoms. The molecule has 1 amide bonds. The molecule has 0 bridgehead atoms. The Labute approximate surface area is 154 Å². The first-order valence-electron chi connectivity index (χ1n) is 7.47. The second-order valence-corrected chi connectivity index (χ2v) is 8.13. The van der Waals surface area contributed by atoms with Crippen LogP contribution in [0.25, 0.3) is 0 Å². The average molecular weight is 426 g/mol. The normalized spacial score (nSPS) is 16.1.